The lowest BCUT2D eigenvalue weighted by molar-refractivity contribution is 0.571. The lowest BCUT2D eigenvalue weighted by Gasteiger charge is -2.19. The first-order valence-corrected chi connectivity index (χ1v) is 5.74. The lowest BCUT2D eigenvalue weighted by Crippen LogP contribution is -2.22. The van der Waals surface area contributed by atoms with Crippen LogP contribution >= 0.6 is 0 Å². The Hall–Kier alpha value is -2.18. The zero-order valence-corrected chi connectivity index (χ0v) is 11.0. The van der Waals surface area contributed by atoms with Crippen molar-refractivity contribution in [3.8, 4) is 0 Å². The third kappa shape index (κ3) is 2.64. The van der Waals surface area contributed by atoms with E-state index in [0.717, 1.165) is 11.9 Å². The van der Waals surface area contributed by atoms with Crippen LogP contribution in [0.1, 0.15) is 5.82 Å². The maximum absolute atomic E-state index is 13.7. The fourth-order valence-corrected chi connectivity index (χ4v) is 1.74. The number of hydrogen-bond donors (Lipinski definition) is 1. The zero-order valence-electron chi connectivity index (χ0n) is 11.0. The maximum Gasteiger partial charge on any atom is 0.168 e. The summed E-state index contributed by atoms with van der Waals surface area (Å²) in [6.45, 7) is 0.377. The van der Waals surface area contributed by atoms with Gasteiger partial charge in [0, 0.05) is 39.6 Å². The number of nitrogens with zero attached hydrogens (tertiary/aromatic N) is 4. The van der Waals surface area contributed by atoms with E-state index in [1.165, 1.54) is 7.05 Å². The smallest absolute Gasteiger partial charge is 0.168 e. The fourth-order valence-electron chi connectivity index (χ4n) is 1.74. The van der Waals surface area contributed by atoms with Crippen LogP contribution in [0.5, 0.6) is 0 Å². The second-order valence-electron chi connectivity index (χ2n) is 4.18. The Bertz CT molecular complexity index is 581. The Labute approximate surface area is 109 Å². The average molecular weight is 267 g/mol. The average Bonchev–Trinajstić information content (AvgIpc) is 2.75. The van der Waals surface area contributed by atoms with Crippen molar-refractivity contribution in [2.45, 2.75) is 6.54 Å². The minimum atomic E-state index is -0.714. The van der Waals surface area contributed by atoms with Crippen molar-refractivity contribution < 1.29 is 8.78 Å². The Morgan fingerprint density at radius 3 is 2.68 bits per heavy atom. The molecule has 2 rings (SSSR count). The number of imidazole rings is 1. The van der Waals surface area contributed by atoms with Gasteiger partial charge in [0.15, 0.2) is 23.3 Å². The monoisotopic (exact) mass is 267 g/mol. The largest absolute Gasteiger partial charge is 0.371 e. The molecule has 7 heteroatoms. The van der Waals surface area contributed by atoms with Crippen molar-refractivity contribution in [3.63, 3.8) is 0 Å². The summed E-state index contributed by atoms with van der Waals surface area (Å²) in [5.41, 5.74) is 0. The predicted molar refractivity (Wildman–Crippen MR) is 69.0 cm³/mol. The van der Waals surface area contributed by atoms with Gasteiger partial charge in [0.25, 0.3) is 0 Å². The molecule has 0 amide bonds. The SMILES string of the molecule is CNc1nc(N(C)Cc2nccn2C)c(F)cc1F. The van der Waals surface area contributed by atoms with E-state index in [9.17, 15) is 8.78 Å². The molecule has 0 saturated carbocycles. The summed E-state index contributed by atoms with van der Waals surface area (Å²) in [7, 11) is 5.06. The first-order valence-electron chi connectivity index (χ1n) is 5.74. The number of pyridine rings is 1. The number of halogens is 2. The molecule has 0 atom stereocenters. The summed E-state index contributed by atoms with van der Waals surface area (Å²) in [6.07, 6.45) is 3.47. The van der Waals surface area contributed by atoms with E-state index in [-0.39, 0.29) is 11.6 Å². The third-order valence-corrected chi connectivity index (χ3v) is 2.81. The van der Waals surface area contributed by atoms with Crippen molar-refractivity contribution in [3.05, 3.63) is 35.9 Å². The highest BCUT2D eigenvalue weighted by Gasteiger charge is 2.15. The standard InChI is InChI=1S/C12H15F2N5/c1-15-11-8(13)6-9(14)12(17-11)19(3)7-10-16-4-5-18(10)2/h4-6H,7H2,1-3H3,(H,15,17). The second-order valence-corrected chi connectivity index (χ2v) is 4.18. The minimum Gasteiger partial charge on any atom is -0.371 e. The van der Waals surface area contributed by atoms with Gasteiger partial charge in [-0.3, -0.25) is 0 Å². The summed E-state index contributed by atoms with van der Waals surface area (Å²) in [5.74, 6) is -0.557. The molecule has 0 fully saturated rings. The van der Waals surface area contributed by atoms with Crippen LogP contribution in [-0.2, 0) is 13.6 Å². The van der Waals surface area contributed by atoms with E-state index >= 15 is 0 Å². The van der Waals surface area contributed by atoms with E-state index in [4.69, 9.17) is 0 Å². The molecule has 0 aliphatic heterocycles. The van der Waals surface area contributed by atoms with Crippen molar-refractivity contribution in [2.24, 2.45) is 7.05 Å². The molecule has 0 spiro atoms. The third-order valence-electron chi connectivity index (χ3n) is 2.81. The highest BCUT2D eigenvalue weighted by Crippen LogP contribution is 2.22. The first-order chi connectivity index (χ1) is 9.02. The molecule has 0 bridgehead atoms. The van der Waals surface area contributed by atoms with Crippen LogP contribution in [0.15, 0.2) is 18.5 Å². The Morgan fingerprint density at radius 2 is 2.11 bits per heavy atom. The highest BCUT2D eigenvalue weighted by molar-refractivity contribution is 5.48. The fraction of sp³-hybridized carbons (Fsp3) is 0.333. The van der Waals surface area contributed by atoms with Gasteiger partial charge in [0.05, 0.1) is 6.54 Å². The molecule has 0 saturated heterocycles. The van der Waals surface area contributed by atoms with Crippen LogP contribution in [0.4, 0.5) is 20.4 Å². The van der Waals surface area contributed by atoms with Crippen LogP contribution in [0, 0.1) is 11.6 Å². The number of anilines is 2. The molecule has 2 aromatic heterocycles. The van der Waals surface area contributed by atoms with Crippen molar-refractivity contribution in [1.82, 2.24) is 14.5 Å². The summed E-state index contributed by atoms with van der Waals surface area (Å²) >= 11 is 0. The van der Waals surface area contributed by atoms with Gasteiger partial charge in [-0.05, 0) is 0 Å². The van der Waals surface area contributed by atoms with Gasteiger partial charge in [0.2, 0.25) is 0 Å². The van der Waals surface area contributed by atoms with Gasteiger partial charge in [-0.2, -0.15) is 0 Å². The predicted octanol–water partition coefficient (Wildman–Crippen LogP) is 1.77. The topological polar surface area (TPSA) is 46.0 Å². The van der Waals surface area contributed by atoms with Crippen LogP contribution in [0.3, 0.4) is 0 Å². The summed E-state index contributed by atoms with van der Waals surface area (Å²) in [5, 5.41) is 2.59. The number of aromatic nitrogens is 3. The van der Waals surface area contributed by atoms with E-state index < -0.39 is 11.6 Å². The van der Waals surface area contributed by atoms with Crippen molar-refractivity contribution >= 4 is 11.6 Å². The quantitative estimate of drug-likeness (QED) is 0.917. The van der Waals surface area contributed by atoms with E-state index in [2.05, 4.69) is 15.3 Å². The first kappa shape index (κ1) is 13.3. The minimum absolute atomic E-state index is 0.0168. The molecular formula is C12H15F2N5. The van der Waals surface area contributed by atoms with Gasteiger partial charge in [-0.25, -0.2) is 18.7 Å². The molecule has 102 valence electrons. The number of nitrogens with one attached hydrogen (secondary N) is 1. The molecule has 1 N–H and O–H groups in total. The Kier molecular flexibility index (Phi) is 3.64. The number of aryl methyl sites for hydroxylation is 1. The lowest BCUT2D eigenvalue weighted by atomic mass is 10.3. The van der Waals surface area contributed by atoms with E-state index in [1.807, 2.05) is 11.6 Å². The van der Waals surface area contributed by atoms with E-state index in [1.54, 1.807) is 24.3 Å². The summed E-state index contributed by atoms with van der Waals surface area (Å²) in [4.78, 5) is 9.66. The normalized spacial score (nSPS) is 10.6. The Morgan fingerprint density at radius 1 is 1.37 bits per heavy atom. The molecule has 5 nitrogen and oxygen atoms in total. The molecule has 0 unspecified atom stereocenters. The van der Waals surface area contributed by atoms with Crippen molar-refractivity contribution in [2.75, 3.05) is 24.3 Å². The molecule has 0 radical (unpaired) electrons. The molecule has 0 aromatic carbocycles. The molecule has 2 aromatic rings. The van der Waals surface area contributed by atoms with Gasteiger partial charge < -0.3 is 14.8 Å². The van der Waals surface area contributed by atoms with Crippen LogP contribution in [0.25, 0.3) is 0 Å². The molecule has 0 aliphatic carbocycles. The highest BCUT2D eigenvalue weighted by atomic mass is 19.1. The molecule has 0 aliphatic rings. The number of hydrogen-bond acceptors (Lipinski definition) is 4. The number of rotatable bonds is 4. The van der Waals surface area contributed by atoms with Gasteiger partial charge in [0.1, 0.15) is 5.82 Å². The van der Waals surface area contributed by atoms with Crippen LogP contribution in [0.2, 0.25) is 0 Å². The van der Waals surface area contributed by atoms with Gasteiger partial charge in [-0.1, -0.05) is 0 Å². The summed E-state index contributed by atoms with van der Waals surface area (Å²) < 4.78 is 28.9. The van der Waals surface area contributed by atoms with Crippen molar-refractivity contribution in [1.29, 1.82) is 0 Å². The maximum atomic E-state index is 13.7. The summed E-state index contributed by atoms with van der Waals surface area (Å²) in [6, 6.07) is 0.823. The van der Waals surface area contributed by atoms with Crippen LogP contribution < -0.4 is 10.2 Å². The molecule has 2 heterocycles. The van der Waals surface area contributed by atoms with E-state index in [0.29, 0.717) is 6.54 Å². The van der Waals surface area contributed by atoms with Gasteiger partial charge in [-0.15, -0.1) is 0 Å². The second kappa shape index (κ2) is 5.21. The molecule has 19 heavy (non-hydrogen) atoms. The van der Waals surface area contributed by atoms with Crippen LogP contribution in [-0.4, -0.2) is 28.6 Å². The Balaban J connectivity index is 2.28. The van der Waals surface area contributed by atoms with Gasteiger partial charge >= 0.3 is 0 Å². The zero-order chi connectivity index (χ0) is 14.0. The molecular weight excluding hydrogens is 252 g/mol.